The van der Waals surface area contributed by atoms with Gasteiger partial charge in [-0.2, -0.15) is 0 Å². The Morgan fingerprint density at radius 1 is 0.542 bits per heavy atom. The highest BCUT2D eigenvalue weighted by Crippen LogP contribution is 2.41. The molecular weight excluding hydrogens is 587 g/mol. The third kappa shape index (κ3) is 5.91. The lowest BCUT2D eigenvalue weighted by Gasteiger charge is -2.27. The lowest BCUT2D eigenvalue weighted by atomic mass is 9.80. The summed E-state index contributed by atoms with van der Waals surface area (Å²) in [6.45, 7) is 13.5. The van der Waals surface area contributed by atoms with Gasteiger partial charge in [-0.1, -0.05) is 108 Å². The minimum Gasteiger partial charge on any atom is -0.507 e. The van der Waals surface area contributed by atoms with E-state index in [1.807, 2.05) is 42.6 Å². The molecule has 0 unspecified atom stereocenters. The molecule has 0 saturated heterocycles. The van der Waals surface area contributed by atoms with Crippen molar-refractivity contribution in [2.75, 3.05) is 0 Å². The monoisotopic (exact) mass is 627 g/mol. The van der Waals surface area contributed by atoms with Crippen molar-refractivity contribution in [1.82, 2.24) is 14.5 Å². The van der Waals surface area contributed by atoms with Crippen molar-refractivity contribution in [1.29, 1.82) is 0 Å². The number of rotatable bonds is 5. The second-order valence-electron chi connectivity index (χ2n) is 14.6. The third-order valence-corrected chi connectivity index (χ3v) is 9.05. The van der Waals surface area contributed by atoms with Gasteiger partial charge in [0.15, 0.2) is 0 Å². The summed E-state index contributed by atoms with van der Waals surface area (Å²) in [5.74, 6) is 0.896. The van der Waals surface area contributed by atoms with Crippen molar-refractivity contribution >= 4 is 11.0 Å². The van der Waals surface area contributed by atoms with Gasteiger partial charge in [-0.25, -0.2) is 4.98 Å². The Labute approximate surface area is 283 Å². The molecule has 0 aliphatic heterocycles. The van der Waals surface area contributed by atoms with Crippen LogP contribution in [-0.2, 0) is 10.8 Å². The molecule has 1 N–H and O–H groups in total. The predicted molar refractivity (Wildman–Crippen MR) is 200 cm³/mol. The first-order chi connectivity index (χ1) is 23.0. The van der Waals surface area contributed by atoms with Crippen LogP contribution in [0.5, 0.6) is 5.75 Å². The maximum absolute atomic E-state index is 11.2. The minimum atomic E-state index is -0.0631. The fraction of sp³-hybridized carbons (Fsp3) is 0.182. The molecule has 238 valence electrons. The lowest BCUT2D eigenvalue weighted by Crippen LogP contribution is -2.17. The number of imidazole rings is 1. The van der Waals surface area contributed by atoms with Crippen molar-refractivity contribution in [2.24, 2.45) is 0 Å². The van der Waals surface area contributed by atoms with E-state index in [-0.39, 0.29) is 16.6 Å². The molecule has 0 spiro atoms. The van der Waals surface area contributed by atoms with Crippen LogP contribution in [0.2, 0.25) is 0 Å². The Kier molecular flexibility index (Phi) is 7.75. The molecule has 5 aromatic carbocycles. The number of benzene rings is 5. The summed E-state index contributed by atoms with van der Waals surface area (Å²) >= 11 is 0. The molecule has 0 atom stereocenters. The molecule has 0 aliphatic carbocycles. The van der Waals surface area contributed by atoms with Crippen LogP contribution < -0.4 is 0 Å². The van der Waals surface area contributed by atoms with Gasteiger partial charge in [0.05, 0.1) is 22.3 Å². The second-order valence-corrected chi connectivity index (χ2v) is 14.6. The quantitative estimate of drug-likeness (QED) is 0.207. The first-order valence-corrected chi connectivity index (χ1v) is 16.6. The molecule has 2 heterocycles. The van der Waals surface area contributed by atoms with Gasteiger partial charge in [0.1, 0.15) is 11.6 Å². The largest absolute Gasteiger partial charge is 0.507 e. The van der Waals surface area contributed by atoms with Gasteiger partial charge in [-0.15, -0.1) is 0 Å². The molecule has 0 fully saturated rings. The van der Waals surface area contributed by atoms with Gasteiger partial charge in [0, 0.05) is 23.0 Å². The Balaban J connectivity index is 1.54. The van der Waals surface area contributed by atoms with E-state index in [0.29, 0.717) is 11.4 Å². The van der Waals surface area contributed by atoms with Crippen LogP contribution in [0.4, 0.5) is 0 Å². The number of hydrogen-bond acceptors (Lipinski definition) is 3. The van der Waals surface area contributed by atoms with E-state index < -0.39 is 0 Å². The maximum atomic E-state index is 11.2. The number of fused-ring (bicyclic) bond motifs is 1. The maximum Gasteiger partial charge on any atom is 0.149 e. The van der Waals surface area contributed by atoms with Crippen molar-refractivity contribution in [2.45, 2.75) is 52.4 Å². The van der Waals surface area contributed by atoms with Gasteiger partial charge in [0.25, 0.3) is 0 Å². The topological polar surface area (TPSA) is 50.9 Å². The van der Waals surface area contributed by atoms with Crippen molar-refractivity contribution in [3.8, 4) is 56.3 Å². The molecule has 7 aromatic rings. The first kappa shape index (κ1) is 31.1. The summed E-state index contributed by atoms with van der Waals surface area (Å²) in [7, 11) is 0. The summed E-state index contributed by atoms with van der Waals surface area (Å²) in [4.78, 5) is 10.1. The number of pyridine rings is 1. The minimum absolute atomic E-state index is 0.0631. The van der Waals surface area contributed by atoms with Crippen LogP contribution in [0.15, 0.2) is 134 Å². The third-order valence-electron chi connectivity index (χ3n) is 9.05. The van der Waals surface area contributed by atoms with E-state index >= 15 is 0 Å². The SMILES string of the molecule is CC(C)(C)c1cc(-n2c(-c3ccccc3O)nc3c(-c4cc(-c5ccccc5)cc(-c5ccccn5)c4)cccc32)cc(C(C)(C)C)c1. The number of phenolic OH excluding ortho intramolecular Hbond substituents is 1. The summed E-state index contributed by atoms with van der Waals surface area (Å²) in [6, 6.07) is 43.9. The highest BCUT2D eigenvalue weighted by atomic mass is 16.3. The highest BCUT2D eigenvalue weighted by Gasteiger charge is 2.25. The fourth-order valence-electron chi connectivity index (χ4n) is 6.31. The average molecular weight is 628 g/mol. The van der Waals surface area contributed by atoms with Crippen LogP contribution in [0.25, 0.3) is 61.6 Å². The highest BCUT2D eigenvalue weighted by molar-refractivity contribution is 5.97. The molecule has 0 aliphatic rings. The van der Waals surface area contributed by atoms with E-state index in [1.165, 1.54) is 11.1 Å². The van der Waals surface area contributed by atoms with Gasteiger partial charge in [-0.3, -0.25) is 9.55 Å². The van der Waals surface area contributed by atoms with Gasteiger partial charge >= 0.3 is 0 Å². The number of nitrogens with zero attached hydrogens (tertiary/aromatic N) is 3. The Hall–Kier alpha value is -5.48. The Morgan fingerprint density at radius 2 is 1.17 bits per heavy atom. The summed E-state index contributed by atoms with van der Waals surface area (Å²) in [5, 5.41) is 11.2. The van der Waals surface area contributed by atoms with E-state index in [0.717, 1.165) is 50.2 Å². The second kappa shape index (κ2) is 12.0. The fourth-order valence-corrected chi connectivity index (χ4v) is 6.31. The number of para-hydroxylation sites is 2. The molecule has 4 nitrogen and oxygen atoms in total. The number of aromatic nitrogens is 3. The number of hydrogen-bond donors (Lipinski definition) is 1. The Morgan fingerprint density at radius 3 is 1.83 bits per heavy atom. The zero-order valence-corrected chi connectivity index (χ0v) is 28.5. The van der Waals surface area contributed by atoms with E-state index in [2.05, 4.69) is 131 Å². The van der Waals surface area contributed by atoms with Gasteiger partial charge in [-0.05, 0) is 99.3 Å². The van der Waals surface area contributed by atoms with Crippen LogP contribution in [0.3, 0.4) is 0 Å². The lowest BCUT2D eigenvalue weighted by molar-refractivity contribution is 0.477. The van der Waals surface area contributed by atoms with E-state index in [4.69, 9.17) is 9.97 Å². The normalized spacial score (nSPS) is 12.0. The van der Waals surface area contributed by atoms with Crippen LogP contribution >= 0.6 is 0 Å². The van der Waals surface area contributed by atoms with Gasteiger partial charge < -0.3 is 5.11 Å². The first-order valence-electron chi connectivity index (χ1n) is 16.6. The van der Waals surface area contributed by atoms with Crippen molar-refractivity contribution in [3.63, 3.8) is 0 Å². The zero-order chi connectivity index (χ0) is 33.6. The summed E-state index contributed by atoms with van der Waals surface area (Å²) in [5.41, 5.74) is 12.2. The van der Waals surface area contributed by atoms with E-state index in [1.54, 1.807) is 6.07 Å². The smallest absolute Gasteiger partial charge is 0.149 e. The van der Waals surface area contributed by atoms with Gasteiger partial charge in [0.2, 0.25) is 0 Å². The number of phenols is 1. The summed E-state index contributed by atoms with van der Waals surface area (Å²) in [6.07, 6.45) is 1.84. The molecule has 0 amide bonds. The van der Waals surface area contributed by atoms with Crippen LogP contribution in [-0.4, -0.2) is 19.6 Å². The zero-order valence-electron chi connectivity index (χ0n) is 28.5. The molecule has 0 bridgehead atoms. The van der Waals surface area contributed by atoms with Crippen molar-refractivity contribution < 1.29 is 5.11 Å². The molecular formula is C44H41N3O. The number of aromatic hydroxyl groups is 1. The summed E-state index contributed by atoms with van der Waals surface area (Å²) < 4.78 is 2.22. The standard InChI is InChI=1S/C44H41N3O/c1-43(2,3)33-26-34(44(4,5)6)28-35(27-33)47-39-20-14-18-36(41(39)46-42(47)37-17-10-11-21-40(37)48)31-23-30(29-15-8-7-9-16-29)24-32(25-31)38-19-12-13-22-45-38/h7-28,48H,1-6H3. The molecule has 7 rings (SSSR count). The van der Waals surface area contributed by atoms with Crippen molar-refractivity contribution in [3.05, 3.63) is 145 Å². The van der Waals surface area contributed by atoms with Crippen LogP contribution in [0, 0.1) is 0 Å². The van der Waals surface area contributed by atoms with Crippen LogP contribution in [0.1, 0.15) is 52.7 Å². The molecule has 0 saturated carbocycles. The Bertz CT molecular complexity index is 2160. The van der Waals surface area contributed by atoms with E-state index in [9.17, 15) is 5.11 Å². The molecule has 48 heavy (non-hydrogen) atoms. The molecule has 4 heteroatoms. The molecule has 2 aromatic heterocycles. The molecule has 0 radical (unpaired) electrons. The predicted octanol–water partition coefficient (Wildman–Crippen LogP) is 11.4. The average Bonchev–Trinajstić information content (AvgIpc) is 3.48.